The summed E-state index contributed by atoms with van der Waals surface area (Å²) >= 11 is 0. The Balaban J connectivity index is 1.92. The monoisotopic (exact) mass is 340 g/mol. The van der Waals surface area contributed by atoms with E-state index in [0.29, 0.717) is 17.0 Å². The molecule has 3 N–H and O–H groups in total. The first-order valence-electron chi connectivity index (χ1n) is 8.25. The SMILES string of the molecule is CCC(C)(C)c1ccc(OCC(=O)Nc2cccc(C(N)=O)c2)cc1. The van der Waals surface area contributed by atoms with Crippen LogP contribution in [0.3, 0.4) is 0 Å². The number of hydrogen-bond donors (Lipinski definition) is 2. The van der Waals surface area contributed by atoms with Crippen LogP contribution < -0.4 is 15.8 Å². The topological polar surface area (TPSA) is 81.4 Å². The van der Waals surface area contributed by atoms with Gasteiger partial charge < -0.3 is 15.8 Å². The van der Waals surface area contributed by atoms with Gasteiger partial charge in [-0.2, -0.15) is 0 Å². The van der Waals surface area contributed by atoms with E-state index in [4.69, 9.17) is 10.5 Å². The van der Waals surface area contributed by atoms with Crippen molar-refractivity contribution in [2.45, 2.75) is 32.6 Å². The van der Waals surface area contributed by atoms with Gasteiger partial charge in [0.15, 0.2) is 6.61 Å². The Kier molecular flexibility index (Phi) is 5.80. The number of carbonyl (C=O) groups is 2. The first-order valence-corrected chi connectivity index (χ1v) is 8.25. The maximum Gasteiger partial charge on any atom is 0.262 e. The number of rotatable bonds is 7. The minimum Gasteiger partial charge on any atom is -0.484 e. The van der Waals surface area contributed by atoms with Crippen molar-refractivity contribution < 1.29 is 14.3 Å². The molecule has 2 aromatic rings. The Morgan fingerprint density at radius 2 is 1.80 bits per heavy atom. The van der Waals surface area contributed by atoms with Crippen molar-refractivity contribution in [1.82, 2.24) is 0 Å². The molecule has 0 unspecified atom stereocenters. The maximum absolute atomic E-state index is 12.0. The average Bonchev–Trinajstić information content (AvgIpc) is 2.60. The number of nitrogens with two attached hydrogens (primary N) is 1. The van der Waals surface area contributed by atoms with E-state index in [2.05, 4.69) is 26.1 Å². The lowest BCUT2D eigenvalue weighted by atomic mass is 9.82. The summed E-state index contributed by atoms with van der Waals surface area (Å²) in [5.74, 6) is -0.210. The van der Waals surface area contributed by atoms with Crippen molar-refractivity contribution in [2.75, 3.05) is 11.9 Å². The summed E-state index contributed by atoms with van der Waals surface area (Å²) < 4.78 is 5.52. The van der Waals surface area contributed by atoms with E-state index in [1.165, 1.54) is 11.6 Å². The Labute approximate surface area is 148 Å². The number of benzene rings is 2. The lowest BCUT2D eigenvalue weighted by molar-refractivity contribution is -0.118. The normalized spacial score (nSPS) is 11.0. The average molecular weight is 340 g/mol. The van der Waals surface area contributed by atoms with E-state index in [9.17, 15) is 9.59 Å². The van der Waals surface area contributed by atoms with Gasteiger partial charge in [-0.25, -0.2) is 0 Å². The summed E-state index contributed by atoms with van der Waals surface area (Å²) in [7, 11) is 0. The quantitative estimate of drug-likeness (QED) is 0.809. The predicted octanol–water partition coefficient (Wildman–Crippen LogP) is 3.49. The summed E-state index contributed by atoms with van der Waals surface area (Å²) in [6, 6.07) is 14.2. The second-order valence-electron chi connectivity index (χ2n) is 6.54. The molecule has 2 amide bonds. The Morgan fingerprint density at radius 1 is 1.12 bits per heavy atom. The van der Waals surface area contributed by atoms with Crippen LogP contribution in [0.1, 0.15) is 43.1 Å². The molecule has 132 valence electrons. The molecule has 2 rings (SSSR count). The molecule has 25 heavy (non-hydrogen) atoms. The Morgan fingerprint density at radius 3 is 2.40 bits per heavy atom. The molecule has 0 aromatic heterocycles. The summed E-state index contributed by atoms with van der Waals surface area (Å²) in [6.07, 6.45) is 1.04. The van der Waals surface area contributed by atoms with Crippen molar-refractivity contribution in [2.24, 2.45) is 5.73 Å². The van der Waals surface area contributed by atoms with Crippen molar-refractivity contribution >= 4 is 17.5 Å². The number of primary amides is 1. The highest BCUT2D eigenvalue weighted by atomic mass is 16.5. The summed E-state index contributed by atoms with van der Waals surface area (Å²) in [5.41, 5.74) is 7.41. The van der Waals surface area contributed by atoms with Gasteiger partial charge in [0.25, 0.3) is 5.91 Å². The highest BCUT2D eigenvalue weighted by molar-refractivity contribution is 5.96. The minimum atomic E-state index is -0.539. The van der Waals surface area contributed by atoms with Gasteiger partial charge in [-0.3, -0.25) is 9.59 Å². The zero-order chi connectivity index (χ0) is 18.4. The largest absolute Gasteiger partial charge is 0.484 e. The van der Waals surface area contributed by atoms with Crippen molar-refractivity contribution in [1.29, 1.82) is 0 Å². The number of carbonyl (C=O) groups excluding carboxylic acids is 2. The molecule has 0 fully saturated rings. The molecule has 2 aromatic carbocycles. The van der Waals surface area contributed by atoms with Crippen LogP contribution in [-0.4, -0.2) is 18.4 Å². The van der Waals surface area contributed by atoms with Gasteiger partial charge in [0.1, 0.15) is 5.75 Å². The third-order valence-corrected chi connectivity index (χ3v) is 4.32. The number of anilines is 1. The van der Waals surface area contributed by atoms with Crippen LogP contribution in [0, 0.1) is 0 Å². The van der Waals surface area contributed by atoms with E-state index in [0.717, 1.165) is 6.42 Å². The third-order valence-electron chi connectivity index (χ3n) is 4.32. The van der Waals surface area contributed by atoms with E-state index in [-0.39, 0.29) is 17.9 Å². The number of ether oxygens (including phenoxy) is 1. The fourth-order valence-electron chi connectivity index (χ4n) is 2.30. The van der Waals surface area contributed by atoms with Crippen LogP contribution in [-0.2, 0) is 10.2 Å². The Bertz CT molecular complexity index is 752. The summed E-state index contributed by atoms with van der Waals surface area (Å²) in [4.78, 5) is 23.1. The number of nitrogens with one attached hydrogen (secondary N) is 1. The van der Waals surface area contributed by atoms with E-state index in [1.54, 1.807) is 18.2 Å². The van der Waals surface area contributed by atoms with Crippen LogP contribution in [0.5, 0.6) is 5.75 Å². The predicted molar refractivity (Wildman–Crippen MR) is 98.8 cm³/mol. The molecule has 0 radical (unpaired) electrons. The van der Waals surface area contributed by atoms with Crippen LogP contribution in [0.4, 0.5) is 5.69 Å². The van der Waals surface area contributed by atoms with Gasteiger partial charge >= 0.3 is 0 Å². The molecule has 0 aliphatic rings. The van der Waals surface area contributed by atoms with Crippen molar-refractivity contribution in [3.63, 3.8) is 0 Å². The van der Waals surface area contributed by atoms with E-state index >= 15 is 0 Å². The highest BCUT2D eigenvalue weighted by Crippen LogP contribution is 2.28. The second kappa shape index (κ2) is 7.83. The molecule has 0 saturated heterocycles. The summed E-state index contributed by atoms with van der Waals surface area (Å²) in [5, 5.41) is 2.68. The standard InChI is InChI=1S/C20H24N2O3/c1-4-20(2,3)15-8-10-17(11-9-15)25-13-18(23)22-16-7-5-6-14(12-16)19(21)24/h5-12H,4,13H2,1-3H3,(H2,21,24)(H,22,23). The molecule has 0 atom stereocenters. The van der Waals surface area contributed by atoms with E-state index < -0.39 is 5.91 Å². The molecule has 0 spiro atoms. The minimum absolute atomic E-state index is 0.112. The van der Waals surface area contributed by atoms with Crippen LogP contribution in [0.2, 0.25) is 0 Å². The summed E-state index contributed by atoms with van der Waals surface area (Å²) in [6.45, 7) is 6.42. The van der Waals surface area contributed by atoms with Crippen LogP contribution in [0.25, 0.3) is 0 Å². The smallest absolute Gasteiger partial charge is 0.262 e. The molecule has 0 aliphatic carbocycles. The van der Waals surface area contributed by atoms with Crippen LogP contribution in [0.15, 0.2) is 48.5 Å². The third kappa shape index (κ3) is 5.08. The second-order valence-corrected chi connectivity index (χ2v) is 6.54. The zero-order valence-corrected chi connectivity index (χ0v) is 14.8. The number of hydrogen-bond acceptors (Lipinski definition) is 3. The first kappa shape index (κ1) is 18.5. The Hall–Kier alpha value is -2.82. The van der Waals surface area contributed by atoms with Gasteiger partial charge in [-0.1, -0.05) is 39.0 Å². The molecule has 0 saturated carbocycles. The van der Waals surface area contributed by atoms with Crippen molar-refractivity contribution in [3.05, 3.63) is 59.7 Å². The van der Waals surface area contributed by atoms with Gasteiger partial charge in [0.2, 0.25) is 5.91 Å². The zero-order valence-electron chi connectivity index (χ0n) is 14.8. The van der Waals surface area contributed by atoms with Crippen LogP contribution >= 0.6 is 0 Å². The first-order chi connectivity index (χ1) is 11.8. The molecular formula is C20H24N2O3. The lowest BCUT2D eigenvalue weighted by Crippen LogP contribution is -2.21. The molecule has 5 heteroatoms. The van der Waals surface area contributed by atoms with Gasteiger partial charge in [0.05, 0.1) is 0 Å². The molecule has 0 aliphatic heterocycles. The molecular weight excluding hydrogens is 316 g/mol. The molecule has 0 bridgehead atoms. The van der Waals surface area contributed by atoms with E-state index in [1.807, 2.05) is 24.3 Å². The van der Waals surface area contributed by atoms with Crippen molar-refractivity contribution in [3.8, 4) is 5.75 Å². The fraction of sp³-hybridized carbons (Fsp3) is 0.300. The lowest BCUT2D eigenvalue weighted by Gasteiger charge is -2.23. The molecule has 5 nitrogen and oxygen atoms in total. The van der Waals surface area contributed by atoms with Gasteiger partial charge in [-0.15, -0.1) is 0 Å². The van der Waals surface area contributed by atoms with Gasteiger partial charge in [-0.05, 0) is 47.7 Å². The number of amides is 2. The fourth-order valence-corrected chi connectivity index (χ4v) is 2.30. The maximum atomic E-state index is 12.0. The highest BCUT2D eigenvalue weighted by Gasteiger charge is 2.17. The van der Waals surface area contributed by atoms with Gasteiger partial charge in [0, 0.05) is 11.3 Å². The molecule has 0 heterocycles.